The fraction of sp³-hybridized carbons (Fsp3) is 0.400. The molecular weight excluding hydrogens is 182 g/mol. The van der Waals surface area contributed by atoms with Gasteiger partial charge in [-0.15, -0.1) is 0 Å². The molecule has 0 spiro atoms. The van der Waals surface area contributed by atoms with E-state index in [-0.39, 0.29) is 12.7 Å². The first-order chi connectivity index (χ1) is 6.81. The van der Waals surface area contributed by atoms with Gasteiger partial charge in [0.25, 0.3) is 0 Å². The molecule has 0 fully saturated rings. The van der Waals surface area contributed by atoms with Gasteiger partial charge in [-0.2, -0.15) is 0 Å². The second-order valence-electron chi connectivity index (χ2n) is 2.91. The lowest BCUT2D eigenvalue weighted by Crippen LogP contribution is -2.10. The Kier molecular flexibility index (Phi) is 4.39. The van der Waals surface area contributed by atoms with E-state index >= 15 is 0 Å². The smallest absolute Gasteiger partial charge is 0.119 e. The van der Waals surface area contributed by atoms with Crippen molar-refractivity contribution in [1.82, 2.24) is 0 Å². The molecule has 0 aliphatic rings. The molecule has 4 nitrogen and oxygen atoms in total. The van der Waals surface area contributed by atoms with Crippen LogP contribution < -0.4 is 10.6 Å². The van der Waals surface area contributed by atoms with Crippen molar-refractivity contribution in [2.24, 2.45) is 5.90 Å². The third-order valence-electron chi connectivity index (χ3n) is 2.02. The molecule has 0 aromatic heterocycles. The van der Waals surface area contributed by atoms with E-state index in [1.807, 2.05) is 24.3 Å². The third kappa shape index (κ3) is 2.70. The molecule has 0 saturated heterocycles. The summed E-state index contributed by atoms with van der Waals surface area (Å²) in [4.78, 5) is 4.76. The highest BCUT2D eigenvalue weighted by Crippen LogP contribution is 2.22. The molecule has 1 aromatic carbocycles. The highest BCUT2D eigenvalue weighted by atomic mass is 16.6. The van der Waals surface area contributed by atoms with Crippen LogP contribution in [-0.2, 0) is 4.84 Å². The first-order valence-electron chi connectivity index (χ1n) is 4.42. The Labute approximate surface area is 83.2 Å². The van der Waals surface area contributed by atoms with Crippen molar-refractivity contribution in [1.29, 1.82) is 0 Å². The van der Waals surface area contributed by atoms with E-state index < -0.39 is 0 Å². The third-order valence-corrected chi connectivity index (χ3v) is 2.02. The topological polar surface area (TPSA) is 64.7 Å². The van der Waals surface area contributed by atoms with Crippen molar-refractivity contribution in [2.45, 2.75) is 12.5 Å². The average Bonchev–Trinajstić information content (AvgIpc) is 2.26. The number of ether oxygens (including phenoxy) is 1. The minimum absolute atomic E-state index is 0.0408. The largest absolute Gasteiger partial charge is 0.497 e. The van der Waals surface area contributed by atoms with Gasteiger partial charge in [-0.25, -0.2) is 5.90 Å². The molecule has 0 bridgehead atoms. The number of benzene rings is 1. The van der Waals surface area contributed by atoms with Gasteiger partial charge in [-0.3, -0.25) is 4.84 Å². The first-order valence-corrected chi connectivity index (χ1v) is 4.42. The minimum Gasteiger partial charge on any atom is -0.497 e. The van der Waals surface area contributed by atoms with Crippen LogP contribution in [0, 0.1) is 0 Å². The van der Waals surface area contributed by atoms with E-state index in [0.717, 1.165) is 11.3 Å². The Bertz CT molecular complexity index is 278. The number of aliphatic hydroxyl groups is 1. The second-order valence-corrected chi connectivity index (χ2v) is 2.91. The maximum Gasteiger partial charge on any atom is 0.119 e. The summed E-state index contributed by atoms with van der Waals surface area (Å²) in [5, 5.41) is 8.79. The molecule has 0 saturated carbocycles. The molecule has 78 valence electrons. The van der Waals surface area contributed by atoms with Crippen LogP contribution in [-0.4, -0.2) is 18.8 Å². The lowest BCUT2D eigenvalue weighted by molar-refractivity contribution is 0.0341. The summed E-state index contributed by atoms with van der Waals surface area (Å²) in [7, 11) is 1.60. The van der Waals surface area contributed by atoms with Gasteiger partial charge in [-0.1, -0.05) is 12.1 Å². The van der Waals surface area contributed by atoms with E-state index in [2.05, 4.69) is 0 Å². The van der Waals surface area contributed by atoms with Crippen LogP contribution in [0.5, 0.6) is 5.75 Å². The molecule has 0 heterocycles. The van der Waals surface area contributed by atoms with E-state index in [1.54, 1.807) is 7.11 Å². The second kappa shape index (κ2) is 5.59. The van der Waals surface area contributed by atoms with Crippen LogP contribution in [0.3, 0.4) is 0 Å². The van der Waals surface area contributed by atoms with Gasteiger partial charge in [0, 0.05) is 13.0 Å². The Balaban J connectivity index is 2.80. The van der Waals surface area contributed by atoms with Crippen molar-refractivity contribution >= 4 is 0 Å². The average molecular weight is 197 g/mol. The van der Waals surface area contributed by atoms with Gasteiger partial charge < -0.3 is 9.84 Å². The molecule has 1 rings (SSSR count). The first kappa shape index (κ1) is 11.0. The van der Waals surface area contributed by atoms with Crippen molar-refractivity contribution in [2.75, 3.05) is 13.7 Å². The van der Waals surface area contributed by atoms with Crippen LogP contribution >= 0.6 is 0 Å². The Morgan fingerprint density at radius 2 is 2.29 bits per heavy atom. The van der Waals surface area contributed by atoms with Crippen LogP contribution in [0.4, 0.5) is 0 Å². The van der Waals surface area contributed by atoms with Crippen molar-refractivity contribution in [3.63, 3.8) is 0 Å². The maximum atomic E-state index is 8.79. The molecule has 1 atom stereocenters. The fourth-order valence-electron chi connectivity index (χ4n) is 1.27. The highest BCUT2D eigenvalue weighted by molar-refractivity contribution is 5.29. The molecule has 3 N–H and O–H groups in total. The molecule has 0 aliphatic heterocycles. The molecule has 0 amide bonds. The standard InChI is InChI=1S/C10H15NO3/c1-13-9-4-2-3-8(7-9)10(14-11)5-6-12/h2-4,7,10,12H,5-6,11H2,1H3. The van der Waals surface area contributed by atoms with Crippen molar-refractivity contribution in [3.05, 3.63) is 29.8 Å². The predicted octanol–water partition coefficient (Wildman–Crippen LogP) is 1.01. The summed E-state index contributed by atoms with van der Waals surface area (Å²) in [5.74, 6) is 5.88. The van der Waals surface area contributed by atoms with E-state index in [0.29, 0.717) is 6.42 Å². The zero-order valence-corrected chi connectivity index (χ0v) is 8.14. The molecule has 1 unspecified atom stereocenters. The molecule has 1 aromatic rings. The van der Waals surface area contributed by atoms with Crippen molar-refractivity contribution in [3.8, 4) is 5.75 Å². The molecule has 0 aliphatic carbocycles. The SMILES string of the molecule is COc1cccc(C(CCO)ON)c1. The van der Waals surface area contributed by atoms with E-state index in [9.17, 15) is 0 Å². The summed E-state index contributed by atoms with van der Waals surface area (Å²) in [5.41, 5.74) is 0.904. The zero-order valence-electron chi connectivity index (χ0n) is 8.14. The van der Waals surface area contributed by atoms with Crippen LogP contribution in [0.1, 0.15) is 18.1 Å². The molecule has 4 heteroatoms. The van der Waals surface area contributed by atoms with Crippen LogP contribution in [0.2, 0.25) is 0 Å². The Morgan fingerprint density at radius 1 is 1.50 bits per heavy atom. The maximum absolute atomic E-state index is 8.79. The quantitative estimate of drug-likeness (QED) is 0.691. The molecule has 14 heavy (non-hydrogen) atoms. The molecular formula is C10H15NO3. The van der Waals surface area contributed by atoms with Crippen molar-refractivity contribution < 1.29 is 14.7 Å². The normalized spacial score (nSPS) is 12.5. The van der Waals surface area contributed by atoms with Gasteiger partial charge in [-0.05, 0) is 17.7 Å². The van der Waals surface area contributed by atoms with Gasteiger partial charge in [0.05, 0.1) is 7.11 Å². The van der Waals surface area contributed by atoms with Gasteiger partial charge >= 0.3 is 0 Å². The summed E-state index contributed by atoms with van der Waals surface area (Å²) in [6.45, 7) is 0.0408. The highest BCUT2D eigenvalue weighted by Gasteiger charge is 2.10. The summed E-state index contributed by atoms with van der Waals surface area (Å²) < 4.78 is 5.07. The number of aliphatic hydroxyl groups excluding tert-OH is 1. The minimum atomic E-state index is -0.282. The van der Waals surface area contributed by atoms with E-state index in [1.165, 1.54) is 0 Å². The number of hydrogen-bond acceptors (Lipinski definition) is 4. The van der Waals surface area contributed by atoms with Crippen LogP contribution in [0.25, 0.3) is 0 Å². The Morgan fingerprint density at radius 3 is 2.86 bits per heavy atom. The molecule has 0 radical (unpaired) electrons. The number of nitrogens with two attached hydrogens (primary N) is 1. The van der Waals surface area contributed by atoms with Crippen LogP contribution in [0.15, 0.2) is 24.3 Å². The summed E-state index contributed by atoms with van der Waals surface area (Å²) >= 11 is 0. The van der Waals surface area contributed by atoms with Gasteiger partial charge in [0.1, 0.15) is 11.9 Å². The van der Waals surface area contributed by atoms with E-state index in [4.69, 9.17) is 20.6 Å². The monoisotopic (exact) mass is 197 g/mol. The summed E-state index contributed by atoms with van der Waals surface area (Å²) in [6, 6.07) is 7.43. The number of rotatable bonds is 5. The number of methoxy groups -OCH3 is 1. The fourth-order valence-corrected chi connectivity index (χ4v) is 1.27. The lowest BCUT2D eigenvalue weighted by atomic mass is 10.1. The zero-order chi connectivity index (χ0) is 10.4. The van der Waals surface area contributed by atoms with Gasteiger partial charge in [0.15, 0.2) is 0 Å². The summed E-state index contributed by atoms with van der Waals surface area (Å²) in [6.07, 6.45) is 0.194. The lowest BCUT2D eigenvalue weighted by Gasteiger charge is -2.14. The number of hydrogen-bond donors (Lipinski definition) is 2. The van der Waals surface area contributed by atoms with Gasteiger partial charge in [0.2, 0.25) is 0 Å². The predicted molar refractivity (Wildman–Crippen MR) is 52.7 cm³/mol. The Hall–Kier alpha value is -1.10.